The lowest BCUT2D eigenvalue weighted by atomic mass is 10.2. The number of hydrogen-bond acceptors (Lipinski definition) is 5. The number of rotatable bonds is 6. The highest BCUT2D eigenvalue weighted by Crippen LogP contribution is 2.44. The molecular formula is C22H24Cl2N2O2S. The zero-order valence-electron chi connectivity index (χ0n) is 16.4. The number of benzene rings is 2. The molecule has 1 fully saturated rings. The van der Waals surface area contributed by atoms with E-state index in [0.29, 0.717) is 11.5 Å². The number of halogens is 2. The Hall–Kier alpha value is -1.53. The number of hydrogen-bond donors (Lipinski definition) is 0. The van der Waals surface area contributed by atoms with Crippen molar-refractivity contribution < 1.29 is 9.47 Å². The van der Waals surface area contributed by atoms with E-state index in [9.17, 15) is 0 Å². The summed E-state index contributed by atoms with van der Waals surface area (Å²) < 4.78 is 11.3. The van der Waals surface area contributed by atoms with E-state index < -0.39 is 0 Å². The molecule has 0 bridgehead atoms. The molecule has 0 atom stereocenters. The molecule has 2 aromatic carbocycles. The van der Waals surface area contributed by atoms with Gasteiger partial charge in [-0.3, -0.25) is 4.90 Å². The molecule has 2 aromatic rings. The standard InChI is InChI=1S/C22H24Cl2N2O2S/c1-2-16-6-3-4-9-19(16)29-15-14-25-10-12-26(13-11-25)17-7-5-8-18-20(17)28-22(24)21(23)27-18/h3-9H,2,10-15H2,1H3. The number of nitrogens with zero attached hydrogens (tertiary/aromatic N) is 2. The molecule has 0 spiro atoms. The summed E-state index contributed by atoms with van der Waals surface area (Å²) in [6.45, 7) is 7.21. The summed E-state index contributed by atoms with van der Waals surface area (Å²) in [5, 5.41) is 0.151. The molecule has 0 unspecified atom stereocenters. The van der Waals surface area contributed by atoms with Crippen LogP contribution in [0.4, 0.5) is 5.69 Å². The Morgan fingerprint density at radius 1 is 0.931 bits per heavy atom. The summed E-state index contributed by atoms with van der Waals surface area (Å²) in [7, 11) is 0. The number of thioether (sulfide) groups is 1. The van der Waals surface area contributed by atoms with Crippen LogP contribution in [0.5, 0.6) is 11.5 Å². The average molecular weight is 451 g/mol. The van der Waals surface area contributed by atoms with Gasteiger partial charge in [-0.25, -0.2) is 0 Å². The fourth-order valence-electron chi connectivity index (χ4n) is 3.64. The second kappa shape index (κ2) is 9.52. The minimum Gasteiger partial charge on any atom is -0.436 e. The summed E-state index contributed by atoms with van der Waals surface area (Å²) in [6.07, 6.45) is 1.08. The molecule has 0 N–H and O–H groups in total. The second-order valence-electron chi connectivity index (χ2n) is 6.99. The summed E-state index contributed by atoms with van der Waals surface area (Å²) in [5.41, 5.74) is 2.43. The highest BCUT2D eigenvalue weighted by Gasteiger charge is 2.26. The predicted octanol–water partition coefficient (Wildman–Crippen LogP) is 5.54. The van der Waals surface area contributed by atoms with Gasteiger partial charge in [-0.15, -0.1) is 11.8 Å². The number of para-hydroxylation sites is 1. The van der Waals surface area contributed by atoms with Crippen molar-refractivity contribution in [3.05, 3.63) is 58.5 Å². The zero-order chi connectivity index (χ0) is 20.2. The second-order valence-corrected chi connectivity index (χ2v) is 8.82. The first-order chi connectivity index (χ1) is 14.2. The number of aryl methyl sites for hydroxylation is 1. The lowest BCUT2D eigenvalue weighted by molar-refractivity contribution is 0.271. The van der Waals surface area contributed by atoms with Crippen molar-refractivity contribution in [3.8, 4) is 11.5 Å². The fraction of sp³-hybridized carbons (Fsp3) is 0.364. The maximum absolute atomic E-state index is 6.03. The quantitative estimate of drug-likeness (QED) is 0.538. The van der Waals surface area contributed by atoms with Gasteiger partial charge in [0, 0.05) is 43.4 Å². The highest BCUT2D eigenvalue weighted by atomic mass is 35.5. The monoisotopic (exact) mass is 450 g/mol. The molecule has 7 heteroatoms. The Morgan fingerprint density at radius 2 is 1.69 bits per heavy atom. The van der Waals surface area contributed by atoms with E-state index in [-0.39, 0.29) is 10.4 Å². The van der Waals surface area contributed by atoms with E-state index in [2.05, 4.69) is 41.0 Å². The van der Waals surface area contributed by atoms with E-state index in [1.807, 2.05) is 30.0 Å². The first kappa shape index (κ1) is 20.7. The zero-order valence-corrected chi connectivity index (χ0v) is 18.7. The summed E-state index contributed by atoms with van der Waals surface area (Å²) in [5.74, 6) is 2.35. The van der Waals surface area contributed by atoms with Gasteiger partial charge >= 0.3 is 0 Å². The van der Waals surface area contributed by atoms with Crippen LogP contribution in [-0.2, 0) is 6.42 Å². The Morgan fingerprint density at radius 3 is 2.48 bits per heavy atom. The molecule has 0 amide bonds. The fourth-order valence-corrected chi connectivity index (χ4v) is 5.02. The van der Waals surface area contributed by atoms with Crippen molar-refractivity contribution in [2.45, 2.75) is 18.2 Å². The molecule has 4 rings (SSSR count). The number of fused-ring (bicyclic) bond motifs is 1. The van der Waals surface area contributed by atoms with Crippen LogP contribution in [0.15, 0.2) is 57.8 Å². The summed E-state index contributed by atoms with van der Waals surface area (Å²) in [4.78, 5) is 6.25. The van der Waals surface area contributed by atoms with Crippen molar-refractivity contribution in [2.24, 2.45) is 0 Å². The van der Waals surface area contributed by atoms with Crippen LogP contribution in [0.3, 0.4) is 0 Å². The van der Waals surface area contributed by atoms with Gasteiger partial charge in [0.05, 0.1) is 5.69 Å². The SMILES string of the molecule is CCc1ccccc1SCCN1CCN(c2cccc3c2OC(Cl)=C(Cl)O3)CC1. The van der Waals surface area contributed by atoms with Gasteiger partial charge in [-0.05, 0) is 53.4 Å². The van der Waals surface area contributed by atoms with E-state index in [1.165, 1.54) is 10.5 Å². The predicted molar refractivity (Wildman–Crippen MR) is 122 cm³/mol. The molecule has 4 nitrogen and oxygen atoms in total. The molecule has 2 aliphatic rings. The topological polar surface area (TPSA) is 24.9 Å². The first-order valence-corrected chi connectivity index (χ1v) is 11.6. The Labute approximate surface area is 186 Å². The van der Waals surface area contributed by atoms with Crippen molar-refractivity contribution in [1.82, 2.24) is 4.90 Å². The van der Waals surface area contributed by atoms with Crippen LogP contribution < -0.4 is 14.4 Å². The third-order valence-corrected chi connectivity index (χ3v) is 6.93. The Bertz CT molecular complexity index is 898. The van der Waals surface area contributed by atoms with E-state index in [0.717, 1.165) is 50.6 Å². The van der Waals surface area contributed by atoms with E-state index >= 15 is 0 Å². The van der Waals surface area contributed by atoms with Gasteiger partial charge in [-0.2, -0.15) is 0 Å². The molecular weight excluding hydrogens is 427 g/mol. The molecule has 1 saturated heterocycles. The first-order valence-electron chi connectivity index (χ1n) is 9.87. The highest BCUT2D eigenvalue weighted by molar-refractivity contribution is 7.99. The van der Waals surface area contributed by atoms with Gasteiger partial charge in [-0.1, -0.05) is 31.2 Å². The van der Waals surface area contributed by atoms with Crippen LogP contribution >= 0.6 is 35.0 Å². The Kier molecular flexibility index (Phi) is 6.81. The van der Waals surface area contributed by atoms with E-state index in [1.54, 1.807) is 0 Å². The maximum atomic E-state index is 6.03. The van der Waals surface area contributed by atoms with Crippen molar-refractivity contribution >= 4 is 40.7 Å². The van der Waals surface area contributed by atoms with Crippen molar-refractivity contribution in [2.75, 3.05) is 43.4 Å². The minimum absolute atomic E-state index is 0.0725. The molecule has 0 radical (unpaired) electrons. The minimum atomic E-state index is 0.0725. The number of piperazine rings is 1. The van der Waals surface area contributed by atoms with Gasteiger partial charge < -0.3 is 14.4 Å². The van der Waals surface area contributed by atoms with Gasteiger partial charge in [0.15, 0.2) is 11.5 Å². The number of anilines is 1. The third-order valence-electron chi connectivity index (χ3n) is 5.24. The summed E-state index contributed by atoms with van der Waals surface area (Å²) in [6, 6.07) is 14.5. The smallest absolute Gasteiger partial charge is 0.249 e. The molecule has 2 aliphatic heterocycles. The lowest BCUT2D eigenvalue weighted by Gasteiger charge is -2.37. The maximum Gasteiger partial charge on any atom is 0.249 e. The molecule has 0 saturated carbocycles. The third kappa shape index (κ3) is 4.80. The number of ether oxygens (including phenoxy) is 2. The van der Waals surface area contributed by atoms with Gasteiger partial charge in [0.2, 0.25) is 10.4 Å². The van der Waals surface area contributed by atoms with Crippen LogP contribution in [0.25, 0.3) is 0 Å². The average Bonchev–Trinajstić information content (AvgIpc) is 2.75. The Balaban J connectivity index is 1.31. The van der Waals surface area contributed by atoms with Crippen LogP contribution in [0, 0.1) is 0 Å². The molecule has 29 heavy (non-hydrogen) atoms. The van der Waals surface area contributed by atoms with Crippen molar-refractivity contribution in [1.29, 1.82) is 0 Å². The molecule has 0 aliphatic carbocycles. The van der Waals surface area contributed by atoms with Crippen LogP contribution in [0.2, 0.25) is 0 Å². The van der Waals surface area contributed by atoms with Crippen molar-refractivity contribution in [3.63, 3.8) is 0 Å². The molecule has 154 valence electrons. The lowest BCUT2D eigenvalue weighted by Crippen LogP contribution is -2.47. The van der Waals surface area contributed by atoms with E-state index in [4.69, 9.17) is 32.7 Å². The van der Waals surface area contributed by atoms with Crippen LogP contribution in [0.1, 0.15) is 12.5 Å². The normalized spacial score (nSPS) is 17.0. The summed E-state index contributed by atoms with van der Waals surface area (Å²) >= 11 is 13.9. The van der Waals surface area contributed by atoms with Gasteiger partial charge in [0.25, 0.3) is 0 Å². The molecule has 2 heterocycles. The molecule has 0 aromatic heterocycles. The largest absolute Gasteiger partial charge is 0.436 e. The van der Waals surface area contributed by atoms with Gasteiger partial charge in [0.1, 0.15) is 0 Å². The van der Waals surface area contributed by atoms with Crippen LogP contribution in [-0.4, -0.2) is 43.4 Å².